The van der Waals surface area contributed by atoms with Crippen LogP contribution in [0.5, 0.6) is 0 Å². The van der Waals surface area contributed by atoms with E-state index in [4.69, 9.17) is 4.74 Å². The summed E-state index contributed by atoms with van der Waals surface area (Å²) in [7, 11) is 1.63. The molecule has 1 heterocycles. The van der Waals surface area contributed by atoms with Gasteiger partial charge in [0.2, 0.25) is 0 Å². The first-order valence-electron chi connectivity index (χ1n) is 4.62. The van der Waals surface area contributed by atoms with Crippen molar-refractivity contribution >= 4 is 27.3 Å². The normalized spacial score (nSPS) is 20.8. The highest BCUT2D eigenvalue weighted by atomic mass is 79.9. The molecule has 1 N–H and O–H groups in total. The Morgan fingerprint density at radius 1 is 1.64 bits per heavy atom. The first kappa shape index (κ1) is 10.6. The van der Waals surface area contributed by atoms with Crippen LogP contribution in [0.1, 0.15) is 18.4 Å². The van der Waals surface area contributed by atoms with Crippen LogP contribution in [0.25, 0.3) is 0 Å². The first-order chi connectivity index (χ1) is 6.68. The molecule has 0 saturated heterocycles. The van der Waals surface area contributed by atoms with Crippen LogP contribution in [0.15, 0.2) is 15.2 Å². The molecule has 0 spiro atoms. The van der Waals surface area contributed by atoms with Gasteiger partial charge in [-0.1, -0.05) is 0 Å². The van der Waals surface area contributed by atoms with Crippen molar-refractivity contribution in [3.63, 3.8) is 0 Å². The summed E-state index contributed by atoms with van der Waals surface area (Å²) in [6.45, 7) is 0.382. The fourth-order valence-electron chi connectivity index (χ4n) is 1.79. The van der Waals surface area contributed by atoms with Crippen LogP contribution in [0.4, 0.5) is 0 Å². The van der Waals surface area contributed by atoms with Crippen molar-refractivity contribution < 1.29 is 9.84 Å². The Kier molecular flexibility index (Phi) is 2.98. The van der Waals surface area contributed by atoms with E-state index in [0.29, 0.717) is 12.5 Å². The van der Waals surface area contributed by atoms with Gasteiger partial charge >= 0.3 is 0 Å². The Bertz CT molecular complexity index is 322. The third-order valence-electron chi connectivity index (χ3n) is 2.70. The Morgan fingerprint density at radius 3 is 2.79 bits per heavy atom. The maximum Gasteiger partial charge on any atom is 0.117 e. The second-order valence-electron chi connectivity index (χ2n) is 3.76. The molecular formula is C10H13BrO2S. The van der Waals surface area contributed by atoms with Gasteiger partial charge in [0.1, 0.15) is 5.60 Å². The quantitative estimate of drug-likeness (QED) is 0.917. The average molecular weight is 277 g/mol. The highest BCUT2D eigenvalue weighted by Gasteiger charge is 2.46. The minimum Gasteiger partial charge on any atom is -0.382 e. The molecule has 1 atom stereocenters. The number of ether oxygens (including phenoxy) is 1. The molecule has 78 valence electrons. The van der Waals surface area contributed by atoms with Gasteiger partial charge in [-0.25, -0.2) is 0 Å². The summed E-state index contributed by atoms with van der Waals surface area (Å²) in [5, 5.41) is 14.5. The zero-order chi connectivity index (χ0) is 10.2. The minimum absolute atomic E-state index is 0.369. The van der Waals surface area contributed by atoms with Gasteiger partial charge in [0.15, 0.2) is 0 Å². The van der Waals surface area contributed by atoms with E-state index < -0.39 is 5.60 Å². The molecule has 0 bridgehead atoms. The van der Waals surface area contributed by atoms with E-state index >= 15 is 0 Å². The van der Waals surface area contributed by atoms with Crippen LogP contribution in [0.2, 0.25) is 0 Å². The Balaban J connectivity index is 2.30. The average Bonchev–Trinajstić information content (AvgIpc) is 2.90. The monoisotopic (exact) mass is 276 g/mol. The molecule has 1 aliphatic rings. The second kappa shape index (κ2) is 3.93. The number of rotatable bonds is 4. The van der Waals surface area contributed by atoms with E-state index in [9.17, 15) is 5.11 Å². The van der Waals surface area contributed by atoms with Gasteiger partial charge in [-0.3, -0.25) is 0 Å². The van der Waals surface area contributed by atoms with Crippen LogP contribution in [0.3, 0.4) is 0 Å². The Labute approximate surface area is 96.0 Å². The third-order valence-corrected chi connectivity index (χ3v) is 4.40. The molecule has 2 nitrogen and oxygen atoms in total. The molecule has 1 aromatic heterocycles. The van der Waals surface area contributed by atoms with Gasteiger partial charge < -0.3 is 9.84 Å². The minimum atomic E-state index is -0.784. The summed E-state index contributed by atoms with van der Waals surface area (Å²) in [6.07, 6.45) is 2.20. The lowest BCUT2D eigenvalue weighted by Crippen LogP contribution is -2.33. The smallest absolute Gasteiger partial charge is 0.117 e. The van der Waals surface area contributed by atoms with Crippen molar-refractivity contribution in [2.24, 2.45) is 5.92 Å². The molecule has 4 heteroatoms. The summed E-state index contributed by atoms with van der Waals surface area (Å²) in [6, 6.07) is 0. The molecule has 1 aliphatic carbocycles. The zero-order valence-electron chi connectivity index (χ0n) is 8.00. The van der Waals surface area contributed by atoms with E-state index in [0.717, 1.165) is 22.9 Å². The molecule has 2 rings (SSSR count). The van der Waals surface area contributed by atoms with Gasteiger partial charge in [-0.15, -0.1) is 0 Å². The van der Waals surface area contributed by atoms with Crippen molar-refractivity contribution in [3.8, 4) is 0 Å². The maximum atomic E-state index is 10.5. The van der Waals surface area contributed by atoms with E-state index in [-0.39, 0.29) is 0 Å². The largest absolute Gasteiger partial charge is 0.382 e. The number of halogens is 1. The van der Waals surface area contributed by atoms with Crippen LogP contribution in [0, 0.1) is 5.92 Å². The highest BCUT2D eigenvalue weighted by molar-refractivity contribution is 9.10. The molecule has 0 aliphatic heterocycles. The summed E-state index contributed by atoms with van der Waals surface area (Å²) < 4.78 is 6.12. The highest BCUT2D eigenvalue weighted by Crippen LogP contribution is 2.48. The lowest BCUT2D eigenvalue weighted by Gasteiger charge is -2.27. The topological polar surface area (TPSA) is 29.5 Å². The van der Waals surface area contributed by atoms with Crippen LogP contribution in [-0.4, -0.2) is 18.8 Å². The summed E-state index contributed by atoms with van der Waals surface area (Å²) in [5.41, 5.74) is 0.194. The molecule has 0 amide bonds. The molecule has 1 saturated carbocycles. The van der Waals surface area contributed by atoms with E-state index in [1.54, 1.807) is 18.4 Å². The lowest BCUT2D eigenvalue weighted by atomic mass is 9.92. The fraction of sp³-hybridized carbons (Fsp3) is 0.600. The van der Waals surface area contributed by atoms with Crippen LogP contribution < -0.4 is 0 Å². The first-order valence-corrected chi connectivity index (χ1v) is 6.35. The van der Waals surface area contributed by atoms with Crippen molar-refractivity contribution in [1.82, 2.24) is 0 Å². The van der Waals surface area contributed by atoms with Crippen molar-refractivity contribution in [2.75, 3.05) is 13.7 Å². The van der Waals surface area contributed by atoms with Crippen molar-refractivity contribution in [2.45, 2.75) is 18.4 Å². The number of hydrogen-bond donors (Lipinski definition) is 1. The lowest BCUT2D eigenvalue weighted by molar-refractivity contribution is -0.0534. The molecular weight excluding hydrogens is 264 g/mol. The Hall–Kier alpha value is 0.100. The predicted molar refractivity (Wildman–Crippen MR) is 60.5 cm³/mol. The van der Waals surface area contributed by atoms with Gasteiger partial charge in [-0.05, 0) is 40.1 Å². The zero-order valence-corrected chi connectivity index (χ0v) is 10.4. The van der Waals surface area contributed by atoms with Gasteiger partial charge in [0.25, 0.3) is 0 Å². The Morgan fingerprint density at radius 2 is 2.36 bits per heavy atom. The summed E-state index contributed by atoms with van der Waals surface area (Å²) in [4.78, 5) is 0. The molecule has 14 heavy (non-hydrogen) atoms. The van der Waals surface area contributed by atoms with Crippen molar-refractivity contribution in [3.05, 3.63) is 20.8 Å². The van der Waals surface area contributed by atoms with Crippen molar-refractivity contribution in [1.29, 1.82) is 0 Å². The van der Waals surface area contributed by atoms with E-state index in [2.05, 4.69) is 15.9 Å². The third kappa shape index (κ3) is 1.76. The summed E-state index contributed by atoms with van der Waals surface area (Å²) >= 11 is 5.06. The number of thiophene rings is 1. The SMILES string of the molecule is COCC(O)(c1cscc1Br)C1CC1. The maximum absolute atomic E-state index is 10.5. The number of aliphatic hydroxyl groups is 1. The number of hydrogen-bond acceptors (Lipinski definition) is 3. The van der Waals surface area contributed by atoms with Crippen LogP contribution in [-0.2, 0) is 10.3 Å². The standard InChI is InChI=1S/C10H13BrO2S/c1-13-6-10(12,7-2-3-7)8-4-14-5-9(8)11/h4-5,7,12H,2-3,6H2,1H3. The van der Waals surface area contributed by atoms with Crippen LogP contribution >= 0.6 is 27.3 Å². The van der Waals surface area contributed by atoms with E-state index in [1.165, 1.54) is 0 Å². The predicted octanol–water partition coefficient (Wildman–Crippen LogP) is 2.75. The fourth-order valence-corrected chi connectivity index (χ4v) is 3.50. The van der Waals surface area contributed by atoms with Gasteiger partial charge in [0.05, 0.1) is 6.61 Å². The molecule has 0 aromatic carbocycles. The molecule has 1 fully saturated rings. The molecule has 1 aromatic rings. The van der Waals surface area contributed by atoms with Gasteiger partial charge in [-0.2, -0.15) is 11.3 Å². The number of methoxy groups -OCH3 is 1. The second-order valence-corrected chi connectivity index (χ2v) is 5.36. The molecule has 0 radical (unpaired) electrons. The molecule has 1 unspecified atom stereocenters. The van der Waals surface area contributed by atoms with E-state index in [1.807, 2.05) is 10.8 Å². The summed E-state index contributed by atoms with van der Waals surface area (Å²) in [5.74, 6) is 0.369. The van der Waals surface area contributed by atoms with Gasteiger partial charge in [0, 0.05) is 22.5 Å².